The van der Waals surface area contributed by atoms with Crippen molar-refractivity contribution in [2.45, 2.75) is 17.7 Å². The molecule has 0 bridgehead atoms. The number of hydrogen-bond donors (Lipinski definition) is 1. The molecule has 0 aliphatic carbocycles. The second-order valence-corrected chi connectivity index (χ2v) is 11.6. The maximum atomic E-state index is 13.2. The molecular formula is C31H27N3O5S. The van der Waals surface area contributed by atoms with Crippen LogP contribution in [0.25, 0.3) is 0 Å². The number of methoxy groups -OCH3 is 1. The Morgan fingerprint density at radius 1 is 0.775 bits per heavy atom. The zero-order valence-corrected chi connectivity index (χ0v) is 22.6. The maximum absolute atomic E-state index is 13.2. The van der Waals surface area contributed by atoms with Crippen molar-refractivity contribution in [2.75, 3.05) is 34.7 Å². The fourth-order valence-corrected chi connectivity index (χ4v) is 6.77. The lowest BCUT2D eigenvalue weighted by Gasteiger charge is -2.20. The Kier molecular flexibility index (Phi) is 6.51. The Labute approximate surface area is 232 Å². The first kappa shape index (κ1) is 25.6. The third-order valence-corrected chi connectivity index (χ3v) is 9.17. The molecule has 1 N–H and O–H groups in total. The Morgan fingerprint density at radius 3 is 2.25 bits per heavy atom. The van der Waals surface area contributed by atoms with E-state index in [1.165, 1.54) is 4.31 Å². The number of carbonyl (C=O) groups is 2. The quantitative estimate of drug-likeness (QED) is 0.366. The molecule has 4 aromatic rings. The molecule has 0 atom stereocenters. The molecule has 2 aliphatic rings. The van der Waals surface area contributed by atoms with Gasteiger partial charge in [-0.3, -0.25) is 13.9 Å². The Morgan fingerprint density at radius 2 is 1.50 bits per heavy atom. The van der Waals surface area contributed by atoms with Crippen LogP contribution in [0.15, 0.2) is 95.9 Å². The van der Waals surface area contributed by atoms with Gasteiger partial charge in [0.25, 0.3) is 21.8 Å². The molecule has 2 aliphatic heterocycles. The molecule has 0 aromatic heterocycles. The summed E-state index contributed by atoms with van der Waals surface area (Å²) in [6.45, 7) is 0.880. The number of benzene rings is 4. The van der Waals surface area contributed by atoms with Crippen molar-refractivity contribution in [2.24, 2.45) is 0 Å². The summed E-state index contributed by atoms with van der Waals surface area (Å²) in [6.07, 6.45) is 1.25. The Bertz CT molecular complexity index is 1720. The van der Waals surface area contributed by atoms with Gasteiger partial charge in [-0.25, -0.2) is 8.42 Å². The van der Waals surface area contributed by atoms with Crippen LogP contribution >= 0.6 is 0 Å². The molecule has 0 saturated carbocycles. The van der Waals surface area contributed by atoms with Crippen molar-refractivity contribution in [3.63, 3.8) is 0 Å². The SMILES string of the molecule is COc1ccc(C(=O)N2CCc3ccc(NC(=O)c4ccc5c(c4)CCN5S(=O)(=O)c4ccccc4)cc32)cc1. The molecule has 4 aromatic carbocycles. The standard InChI is InChI=1S/C31H27N3O5S/c1-39-26-12-8-22(9-13-26)31(36)33-17-15-21-7-11-25(20-29(21)33)32-30(35)24-10-14-28-23(19-24)16-18-34(28)40(37,38)27-5-3-2-4-6-27/h2-14,19-20H,15-18H2,1H3,(H,32,35). The second kappa shape index (κ2) is 10.2. The number of amides is 2. The minimum atomic E-state index is -3.68. The first-order chi connectivity index (χ1) is 19.3. The predicted octanol–water partition coefficient (Wildman–Crippen LogP) is 4.90. The number of nitrogens with one attached hydrogen (secondary N) is 1. The predicted molar refractivity (Wildman–Crippen MR) is 154 cm³/mol. The van der Waals surface area contributed by atoms with Crippen molar-refractivity contribution in [3.05, 3.63) is 113 Å². The maximum Gasteiger partial charge on any atom is 0.264 e. The highest BCUT2D eigenvalue weighted by Crippen LogP contribution is 2.35. The van der Waals surface area contributed by atoms with E-state index in [1.54, 1.807) is 84.8 Å². The van der Waals surface area contributed by atoms with Crippen LogP contribution in [-0.4, -0.2) is 40.4 Å². The van der Waals surface area contributed by atoms with Gasteiger partial charge in [-0.1, -0.05) is 24.3 Å². The summed E-state index contributed by atoms with van der Waals surface area (Å²) < 4.78 is 32.9. The smallest absolute Gasteiger partial charge is 0.264 e. The molecule has 2 heterocycles. The van der Waals surface area contributed by atoms with E-state index >= 15 is 0 Å². The number of sulfonamides is 1. The molecule has 0 unspecified atom stereocenters. The topological polar surface area (TPSA) is 96.0 Å². The van der Waals surface area contributed by atoms with Crippen LogP contribution in [0.4, 0.5) is 17.1 Å². The highest BCUT2D eigenvalue weighted by Gasteiger charge is 2.31. The molecular weight excluding hydrogens is 526 g/mol. The summed E-state index contributed by atoms with van der Waals surface area (Å²) in [7, 11) is -2.10. The van der Waals surface area contributed by atoms with E-state index in [4.69, 9.17) is 4.74 Å². The van der Waals surface area contributed by atoms with Crippen molar-refractivity contribution in [3.8, 4) is 5.75 Å². The van der Waals surface area contributed by atoms with Gasteiger partial charge < -0.3 is 15.0 Å². The van der Waals surface area contributed by atoms with Crippen LogP contribution in [0.1, 0.15) is 31.8 Å². The number of fused-ring (bicyclic) bond motifs is 2. The Hall–Kier alpha value is -4.63. The van der Waals surface area contributed by atoms with Crippen LogP contribution in [-0.2, 0) is 22.9 Å². The van der Waals surface area contributed by atoms with E-state index < -0.39 is 10.0 Å². The van der Waals surface area contributed by atoms with Gasteiger partial charge in [-0.2, -0.15) is 0 Å². The van der Waals surface area contributed by atoms with E-state index in [9.17, 15) is 18.0 Å². The van der Waals surface area contributed by atoms with Gasteiger partial charge in [0.2, 0.25) is 0 Å². The zero-order chi connectivity index (χ0) is 27.9. The van der Waals surface area contributed by atoms with E-state index in [0.717, 1.165) is 23.2 Å². The van der Waals surface area contributed by atoms with Crippen LogP contribution in [0.3, 0.4) is 0 Å². The molecule has 0 fully saturated rings. The molecule has 6 rings (SSSR count). The Balaban J connectivity index is 1.19. The summed E-state index contributed by atoms with van der Waals surface area (Å²) in [6, 6.07) is 26.0. The van der Waals surface area contributed by atoms with Gasteiger partial charge in [0.15, 0.2) is 0 Å². The molecule has 0 saturated heterocycles. The lowest BCUT2D eigenvalue weighted by molar-refractivity contribution is 0.0988. The van der Waals surface area contributed by atoms with Crippen LogP contribution in [0, 0.1) is 0 Å². The molecule has 202 valence electrons. The molecule has 0 spiro atoms. The minimum absolute atomic E-state index is 0.112. The van der Waals surface area contributed by atoms with E-state index in [0.29, 0.717) is 47.8 Å². The van der Waals surface area contributed by atoms with Gasteiger partial charge >= 0.3 is 0 Å². The van der Waals surface area contributed by atoms with Crippen molar-refractivity contribution in [1.29, 1.82) is 0 Å². The third-order valence-electron chi connectivity index (χ3n) is 7.35. The van der Waals surface area contributed by atoms with E-state index in [1.807, 2.05) is 18.2 Å². The normalized spacial score (nSPS) is 14.0. The minimum Gasteiger partial charge on any atom is -0.497 e. The van der Waals surface area contributed by atoms with Gasteiger partial charge in [0.05, 0.1) is 17.7 Å². The average molecular weight is 554 g/mol. The summed E-state index contributed by atoms with van der Waals surface area (Å²) in [5.74, 6) is 0.261. The molecule has 0 radical (unpaired) electrons. The zero-order valence-electron chi connectivity index (χ0n) is 21.8. The van der Waals surface area contributed by atoms with Gasteiger partial charge in [0, 0.05) is 35.6 Å². The van der Waals surface area contributed by atoms with E-state index in [2.05, 4.69) is 5.32 Å². The lowest BCUT2D eigenvalue weighted by Crippen LogP contribution is -2.29. The number of carbonyl (C=O) groups excluding carboxylic acids is 2. The summed E-state index contributed by atoms with van der Waals surface area (Å²) in [4.78, 5) is 28.4. The fourth-order valence-electron chi connectivity index (χ4n) is 5.24. The lowest BCUT2D eigenvalue weighted by atomic mass is 10.1. The highest BCUT2D eigenvalue weighted by atomic mass is 32.2. The fraction of sp³-hybridized carbons (Fsp3) is 0.161. The summed E-state index contributed by atoms with van der Waals surface area (Å²) in [5, 5.41) is 2.94. The van der Waals surface area contributed by atoms with Crippen molar-refractivity contribution < 1.29 is 22.7 Å². The number of nitrogens with zero attached hydrogens (tertiary/aromatic N) is 2. The first-order valence-corrected chi connectivity index (χ1v) is 14.4. The molecule has 9 heteroatoms. The average Bonchev–Trinajstić information content (AvgIpc) is 3.61. The number of anilines is 3. The number of ether oxygens (including phenoxy) is 1. The van der Waals surface area contributed by atoms with Gasteiger partial charge in [-0.05, 0) is 90.7 Å². The molecule has 40 heavy (non-hydrogen) atoms. The first-order valence-electron chi connectivity index (χ1n) is 13.0. The summed E-state index contributed by atoms with van der Waals surface area (Å²) in [5.41, 5.74) is 4.77. The number of hydrogen-bond acceptors (Lipinski definition) is 5. The van der Waals surface area contributed by atoms with Crippen molar-refractivity contribution >= 4 is 38.9 Å². The largest absolute Gasteiger partial charge is 0.497 e. The highest BCUT2D eigenvalue weighted by molar-refractivity contribution is 7.92. The van der Waals surface area contributed by atoms with E-state index in [-0.39, 0.29) is 16.7 Å². The number of rotatable bonds is 6. The van der Waals surface area contributed by atoms with Crippen LogP contribution in [0.2, 0.25) is 0 Å². The van der Waals surface area contributed by atoms with Gasteiger partial charge in [0.1, 0.15) is 5.75 Å². The summed E-state index contributed by atoms with van der Waals surface area (Å²) >= 11 is 0. The second-order valence-electron chi connectivity index (χ2n) is 9.72. The monoisotopic (exact) mass is 553 g/mol. The molecule has 2 amide bonds. The third kappa shape index (κ3) is 4.58. The molecule has 8 nitrogen and oxygen atoms in total. The van der Waals surface area contributed by atoms with Gasteiger partial charge in [-0.15, -0.1) is 0 Å². The van der Waals surface area contributed by atoms with Crippen molar-refractivity contribution in [1.82, 2.24) is 0 Å². The van der Waals surface area contributed by atoms with Crippen LogP contribution < -0.4 is 19.3 Å². The van der Waals surface area contributed by atoms with Crippen LogP contribution in [0.5, 0.6) is 5.75 Å².